The van der Waals surface area contributed by atoms with E-state index in [2.05, 4.69) is 42.1 Å². The first-order chi connectivity index (χ1) is 8.13. The van der Waals surface area contributed by atoms with Gasteiger partial charge in [0.25, 0.3) is 5.89 Å². The molecule has 0 N–H and O–H groups in total. The van der Waals surface area contributed by atoms with Crippen molar-refractivity contribution in [3.8, 4) is 11.5 Å². The molecule has 1 aromatic heterocycles. The summed E-state index contributed by atoms with van der Waals surface area (Å²) in [5.41, 5.74) is 0.300. The van der Waals surface area contributed by atoms with Crippen LogP contribution in [0.3, 0.4) is 0 Å². The third-order valence-corrected chi connectivity index (χ3v) is 3.90. The largest absolute Gasteiger partial charge is 0.419 e. The van der Waals surface area contributed by atoms with Gasteiger partial charge in [-0.15, -0.1) is 10.2 Å². The molecule has 1 atom stereocenters. The summed E-state index contributed by atoms with van der Waals surface area (Å²) in [7, 11) is 0. The van der Waals surface area contributed by atoms with Gasteiger partial charge in [-0.2, -0.15) is 0 Å². The molecule has 0 spiro atoms. The molecule has 17 heavy (non-hydrogen) atoms. The molecular weight excluding hydrogens is 355 g/mol. The van der Waals surface area contributed by atoms with Gasteiger partial charge in [0.1, 0.15) is 5.82 Å². The highest BCUT2D eigenvalue weighted by molar-refractivity contribution is 9.10. The fourth-order valence-corrected chi connectivity index (χ4v) is 1.86. The van der Waals surface area contributed by atoms with Crippen molar-refractivity contribution in [1.82, 2.24) is 10.2 Å². The predicted octanol–water partition coefficient (Wildman–Crippen LogP) is 4.48. The summed E-state index contributed by atoms with van der Waals surface area (Å²) in [4.78, 5) is -0.000959. The first-order valence-electron chi connectivity index (χ1n) is 5.05. The molecule has 0 saturated heterocycles. The minimum atomic E-state index is -0.398. The molecule has 0 aliphatic rings. The molecule has 3 nitrogen and oxygen atoms in total. The summed E-state index contributed by atoms with van der Waals surface area (Å²) in [5, 5.41) is 7.74. The Labute approximate surface area is 115 Å². The maximum atomic E-state index is 13.8. The smallest absolute Gasteiger partial charge is 0.250 e. The second-order valence-corrected chi connectivity index (χ2v) is 5.38. The van der Waals surface area contributed by atoms with Crippen LogP contribution in [0.15, 0.2) is 27.1 Å². The van der Waals surface area contributed by atoms with Crippen LogP contribution in [-0.4, -0.2) is 10.2 Å². The van der Waals surface area contributed by atoms with E-state index in [9.17, 15) is 4.39 Å². The Morgan fingerprint density at radius 1 is 1.41 bits per heavy atom. The Morgan fingerprint density at radius 2 is 2.18 bits per heavy atom. The van der Waals surface area contributed by atoms with Crippen LogP contribution in [-0.2, 0) is 0 Å². The second kappa shape index (κ2) is 5.27. The lowest BCUT2D eigenvalue weighted by Gasteiger charge is -2.00. The number of hydrogen-bond acceptors (Lipinski definition) is 3. The summed E-state index contributed by atoms with van der Waals surface area (Å²) in [6, 6.07) is 4.94. The molecule has 1 aromatic carbocycles. The lowest BCUT2D eigenvalue weighted by molar-refractivity contribution is 0.496. The van der Waals surface area contributed by atoms with E-state index in [-0.39, 0.29) is 10.7 Å². The Balaban J connectivity index is 2.40. The van der Waals surface area contributed by atoms with Crippen LogP contribution >= 0.6 is 31.9 Å². The van der Waals surface area contributed by atoms with Gasteiger partial charge in [0, 0.05) is 0 Å². The highest BCUT2D eigenvalue weighted by Gasteiger charge is 2.17. The molecule has 0 bridgehead atoms. The Bertz CT molecular complexity index is 530. The zero-order chi connectivity index (χ0) is 12.4. The molecule has 0 amide bonds. The quantitative estimate of drug-likeness (QED) is 0.754. The SMILES string of the molecule is CCC(Br)c1nnc(-c2cccc(Br)c2F)o1. The highest BCUT2D eigenvalue weighted by Crippen LogP contribution is 2.30. The standard InChI is InChI=1S/C11H9Br2FN2O/c1-2-7(12)11-16-15-10(17-11)6-4-3-5-8(13)9(6)14/h3-5,7H,2H2,1H3. The van der Waals surface area contributed by atoms with Gasteiger partial charge in [-0.05, 0) is 34.5 Å². The van der Waals surface area contributed by atoms with Crippen LogP contribution in [0, 0.1) is 5.82 Å². The first kappa shape index (κ1) is 12.7. The summed E-state index contributed by atoms with van der Waals surface area (Å²) < 4.78 is 19.6. The van der Waals surface area contributed by atoms with Crippen molar-refractivity contribution in [2.24, 2.45) is 0 Å². The van der Waals surface area contributed by atoms with Gasteiger partial charge >= 0.3 is 0 Å². The molecule has 0 saturated carbocycles. The zero-order valence-corrected chi connectivity index (χ0v) is 12.1. The fourth-order valence-electron chi connectivity index (χ4n) is 1.31. The number of rotatable bonds is 3. The molecule has 2 rings (SSSR count). The van der Waals surface area contributed by atoms with Crippen LogP contribution in [0.4, 0.5) is 4.39 Å². The van der Waals surface area contributed by atoms with Gasteiger partial charge in [0.2, 0.25) is 5.89 Å². The number of halogens is 3. The molecule has 1 unspecified atom stereocenters. The van der Waals surface area contributed by atoms with E-state index in [0.717, 1.165) is 6.42 Å². The molecule has 6 heteroatoms. The van der Waals surface area contributed by atoms with E-state index >= 15 is 0 Å². The molecule has 0 aliphatic heterocycles. The van der Waals surface area contributed by atoms with Gasteiger partial charge in [0.15, 0.2) is 0 Å². The maximum Gasteiger partial charge on any atom is 0.250 e. The molecule has 0 aliphatic carbocycles. The zero-order valence-electron chi connectivity index (χ0n) is 8.95. The molecule has 0 fully saturated rings. The Kier molecular flexibility index (Phi) is 3.93. The van der Waals surface area contributed by atoms with Crippen LogP contribution in [0.2, 0.25) is 0 Å². The molecule has 2 aromatic rings. The van der Waals surface area contributed by atoms with Crippen molar-refractivity contribution in [2.75, 3.05) is 0 Å². The molecular formula is C11H9Br2FN2O. The Hall–Kier alpha value is -0.750. The van der Waals surface area contributed by atoms with Crippen LogP contribution in [0.25, 0.3) is 11.5 Å². The lowest BCUT2D eigenvalue weighted by Crippen LogP contribution is -1.86. The van der Waals surface area contributed by atoms with E-state index in [4.69, 9.17) is 4.42 Å². The van der Waals surface area contributed by atoms with E-state index in [1.165, 1.54) is 0 Å². The summed E-state index contributed by atoms with van der Waals surface area (Å²) in [6.07, 6.45) is 0.822. The maximum absolute atomic E-state index is 13.8. The summed E-state index contributed by atoms with van der Waals surface area (Å²) in [5.74, 6) is 0.254. The van der Waals surface area contributed by atoms with Crippen molar-refractivity contribution in [1.29, 1.82) is 0 Å². The third kappa shape index (κ3) is 2.57. The van der Waals surface area contributed by atoms with Gasteiger partial charge in [-0.1, -0.05) is 28.9 Å². The van der Waals surface area contributed by atoms with Crippen molar-refractivity contribution >= 4 is 31.9 Å². The third-order valence-electron chi connectivity index (χ3n) is 2.25. The number of hydrogen-bond donors (Lipinski definition) is 0. The summed E-state index contributed by atoms with van der Waals surface area (Å²) in [6.45, 7) is 1.99. The van der Waals surface area contributed by atoms with Gasteiger partial charge in [-0.25, -0.2) is 4.39 Å². The van der Waals surface area contributed by atoms with Crippen LogP contribution in [0.5, 0.6) is 0 Å². The minimum absolute atomic E-state index is 0.000959. The lowest BCUT2D eigenvalue weighted by atomic mass is 10.2. The topological polar surface area (TPSA) is 38.9 Å². The average molecular weight is 364 g/mol. The highest BCUT2D eigenvalue weighted by atomic mass is 79.9. The summed E-state index contributed by atoms with van der Waals surface area (Å²) >= 11 is 6.52. The molecule has 90 valence electrons. The van der Waals surface area contributed by atoms with Gasteiger partial charge in [-0.3, -0.25) is 0 Å². The monoisotopic (exact) mass is 362 g/mol. The first-order valence-corrected chi connectivity index (χ1v) is 6.76. The van der Waals surface area contributed by atoms with Crippen molar-refractivity contribution in [3.63, 3.8) is 0 Å². The van der Waals surface area contributed by atoms with Gasteiger partial charge < -0.3 is 4.42 Å². The average Bonchev–Trinajstić information content (AvgIpc) is 2.81. The fraction of sp³-hybridized carbons (Fsp3) is 0.273. The van der Waals surface area contributed by atoms with Crippen molar-refractivity contribution in [2.45, 2.75) is 18.2 Å². The Morgan fingerprint density at radius 3 is 2.88 bits per heavy atom. The van der Waals surface area contributed by atoms with Crippen molar-refractivity contribution < 1.29 is 8.81 Å². The number of nitrogens with zero attached hydrogens (tertiary/aromatic N) is 2. The number of aromatic nitrogens is 2. The normalized spacial score (nSPS) is 12.7. The molecule has 0 radical (unpaired) electrons. The van der Waals surface area contributed by atoms with Gasteiger partial charge in [0.05, 0.1) is 14.9 Å². The van der Waals surface area contributed by atoms with Crippen LogP contribution < -0.4 is 0 Å². The van der Waals surface area contributed by atoms with E-state index in [0.29, 0.717) is 15.9 Å². The van der Waals surface area contributed by atoms with E-state index in [1.54, 1.807) is 18.2 Å². The number of alkyl halides is 1. The second-order valence-electron chi connectivity index (χ2n) is 3.42. The van der Waals surface area contributed by atoms with E-state index < -0.39 is 5.82 Å². The van der Waals surface area contributed by atoms with Crippen LogP contribution in [0.1, 0.15) is 24.1 Å². The van der Waals surface area contributed by atoms with Crippen molar-refractivity contribution in [3.05, 3.63) is 34.4 Å². The molecule has 1 heterocycles. The predicted molar refractivity (Wildman–Crippen MR) is 69.4 cm³/mol. The minimum Gasteiger partial charge on any atom is -0.419 e. The van der Waals surface area contributed by atoms with E-state index in [1.807, 2.05) is 6.92 Å². The number of benzene rings is 1.